The van der Waals surface area contributed by atoms with E-state index in [-0.39, 0.29) is 0 Å². The van der Waals surface area contributed by atoms with Gasteiger partial charge in [-0.05, 0) is 59.6 Å². The third-order valence-electron chi connectivity index (χ3n) is 2.57. The van der Waals surface area contributed by atoms with Crippen LogP contribution in [-0.4, -0.2) is 20.7 Å². The number of hydrogen-bond donors (Lipinski definition) is 1. The van der Waals surface area contributed by atoms with Gasteiger partial charge in [-0.2, -0.15) is 0 Å². The number of halogens is 1. The zero-order chi connectivity index (χ0) is 11.3. The van der Waals surface area contributed by atoms with E-state index in [1.165, 1.54) is 5.56 Å². The van der Waals surface area contributed by atoms with E-state index >= 15 is 0 Å². The second kappa shape index (κ2) is 6.13. The summed E-state index contributed by atoms with van der Waals surface area (Å²) in [4.78, 5) is 0. The van der Waals surface area contributed by atoms with Crippen molar-refractivity contribution in [3.8, 4) is 5.75 Å². The molecule has 0 saturated heterocycles. The van der Waals surface area contributed by atoms with Gasteiger partial charge < -0.3 is 10.1 Å². The van der Waals surface area contributed by atoms with E-state index in [1.54, 1.807) is 7.11 Å². The Morgan fingerprint density at radius 2 is 2.20 bits per heavy atom. The summed E-state index contributed by atoms with van der Waals surface area (Å²) in [6, 6.07) is 6.28. The third kappa shape index (κ3) is 3.50. The lowest BCUT2D eigenvalue weighted by molar-refractivity contribution is 0.412. The van der Waals surface area contributed by atoms with Gasteiger partial charge in [0, 0.05) is 0 Å². The summed E-state index contributed by atoms with van der Waals surface area (Å²) in [5, 5.41) is 3.17. The van der Waals surface area contributed by atoms with Gasteiger partial charge in [-0.15, -0.1) is 0 Å². The van der Waals surface area contributed by atoms with Gasteiger partial charge in [-0.1, -0.05) is 13.0 Å². The number of hydrogen-bond acceptors (Lipinski definition) is 2. The summed E-state index contributed by atoms with van der Waals surface area (Å²) < 4.78 is 6.23. The van der Waals surface area contributed by atoms with Crippen molar-refractivity contribution in [3.63, 3.8) is 0 Å². The predicted molar refractivity (Wildman–Crippen MR) is 67.7 cm³/mol. The lowest BCUT2D eigenvalue weighted by Crippen LogP contribution is -2.10. The van der Waals surface area contributed by atoms with E-state index in [1.807, 2.05) is 13.1 Å². The largest absolute Gasteiger partial charge is 0.496 e. The monoisotopic (exact) mass is 271 g/mol. The molecule has 0 aromatic heterocycles. The third-order valence-corrected chi connectivity index (χ3v) is 3.19. The second-order valence-corrected chi connectivity index (χ2v) is 4.54. The molecule has 0 aliphatic rings. The average Bonchev–Trinajstić information content (AvgIpc) is 2.25. The van der Waals surface area contributed by atoms with Gasteiger partial charge in [0.2, 0.25) is 0 Å². The van der Waals surface area contributed by atoms with Crippen molar-refractivity contribution in [1.82, 2.24) is 5.32 Å². The summed E-state index contributed by atoms with van der Waals surface area (Å²) in [5.41, 5.74) is 1.35. The fourth-order valence-corrected chi connectivity index (χ4v) is 2.08. The molecule has 1 aromatic rings. The molecule has 0 amide bonds. The fourth-order valence-electron chi connectivity index (χ4n) is 1.52. The Bertz CT molecular complexity index is 314. The Morgan fingerprint density at radius 1 is 1.47 bits per heavy atom. The normalized spacial score (nSPS) is 12.5. The molecule has 2 nitrogen and oxygen atoms in total. The lowest BCUT2D eigenvalue weighted by Gasteiger charge is -2.13. The van der Waals surface area contributed by atoms with Crippen molar-refractivity contribution in [1.29, 1.82) is 0 Å². The van der Waals surface area contributed by atoms with Crippen LogP contribution in [0.3, 0.4) is 0 Å². The van der Waals surface area contributed by atoms with E-state index in [4.69, 9.17) is 4.74 Å². The Kier molecular flexibility index (Phi) is 5.12. The molecule has 0 saturated carbocycles. The molecule has 1 aromatic carbocycles. The number of benzene rings is 1. The van der Waals surface area contributed by atoms with Crippen LogP contribution in [-0.2, 0) is 0 Å². The minimum Gasteiger partial charge on any atom is -0.496 e. The number of methoxy groups -OCH3 is 1. The Morgan fingerprint density at radius 3 is 2.73 bits per heavy atom. The first kappa shape index (κ1) is 12.5. The highest BCUT2D eigenvalue weighted by Crippen LogP contribution is 2.29. The maximum Gasteiger partial charge on any atom is 0.133 e. The highest BCUT2D eigenvalue weighted by Gasteiger charge is 2.07. The highest BCUT2D eigenvalue weighted by atomic mass is 79.9. The van der Waals surface area contributed by atoms with E-state index in [0.717, 1.165) is 23.2 Å². The van der Waals surface area contributed by atoms with Crippen LogP contribution in [0.4, 0.5) is 0 Å². The molecule has 0 aliphatic heterocycles. The van der Waals surface area contributed by atoms with Crippen LogP contribution in [0.1, 0.15) is 24.8 Å². The molecular weight excluding hydrogens is 254 g/mol. The molecule has 0 spiro atoms. The number of nitrogens with one attached hydrogen (secondary N) is 1. The van der Waals surface area contributed by atoms with E-state index < -0.39 is 0 Å². The van der Waals surface area contributed by atoms with Crippen LogP contribution < -0.4 is 10.1 Å². The second-order valence-electron chi connectivity index (χ2n) is 3.69. The van der Waals surface area contributed by atoms with E-state index in [9.17, 15) is 0 Å². The molecule has 1 rings (SSSR count). The van der Waals surface area contributed by atoms with Gasteiger partial charge in [0.05, 0.1) is 11.6 Å². The van der Waals surface area contributed by atoms with Crippen molar-refractivity contribution in [2.75, 3.05) is 20.7 Å². The molecular formula is C12H18BrNO. The number of rotatable bonds is 5. The molecule has 0 fully saturated rings. The van der Waals surface area contributed by atoms with Gasteiger partial charge in [0.1, 0.15) is 5.75 Å². The van der Waals surface area contributed by atoms with Gasteiger partial charge in [-0.3, -0.25) is 0 Å². The molecule has 3 heteroatoms. The molecule has 84 valence electrons. The van der Waals surface area contributed by atoms with Crippen LogP contribution in [0, 0.1) is 0 Å². The molecule has 1 unspecified atom stereocenters. The number of ether oxygens (including phenoxy) is 1. The van der Waals surface area contributed by atoms with E-state index in [2.05, 4.69) is 40.3 Å². The molecule has 0 heterocycles. The summed E-state index contributed by atoms with van der Waals surface area (Å²) in [7, 11) is 3.67. The molecule has 1 atom stereocenters. The predicted octanol–water partition coefficient (Wildman–Crippen LogP) is 3.17. The van der Waals surface area contributed by atoms with Crippen LogP contribution in [0.15, 0.2) is 22.7 Å². The van der Waals surface area contributed by atoms with Crippen LogP contribution >= 0.6 is 15.9 Å². The smallest absolute Gasteiger partial charge is 0.133 e. The van der Waals surface area contributed by atoms with Gasteiger partial charge in [0.15, 0.2) is 0 Å². The quantitative estimate of drug-likeness (QED) is 0.889. The van der Waals surface area contributed by atoms with Crippen LogP contribution in [0.5, 0.6) is 5.75 Å². The zero-order valence-corrected chi connectivity index (χ0v) is 11.1. The zero-order valence-electron chi connectivity index (χ0n) is 9.51. The van der Waals surface area contributed by atoms with Crippen molar-refractivity contribution in [2.24, 2.45) is 0 Å². The maximum absolute atomic E-state index is 5.20. The lowest BCUT2D eigenvalue weighted by atomic mass is 9.98. The van der Waals surface area contributed by atoms with Crippen LogP contribution in [0.2, 0.25) is 0 Å². The molecule has 15 heavy (non-hydrogen) atoms. The molecule has 0 bridgehead atoms. The summed E-state index contributed by atoms with van der Waals surface area (Å²) in [6.45, 7) is 3.29. The summed E-state index contributed by atoms with van der Waals surface area (Å²) in [5.74, 6) is 1.46. The van der Waals surface area contributed by atoms with Crippen molar-refractivity contribution < 1.29 is 4.74 Å². The Balaban J connectivity index is 2.73. The van der Waals surface area contributed by atoms with Crippen molar-refractivity contribution >= 4 is 15.9 Å². The average molecular weight is 272 g/mol. The van der Waals surface area contributed by atoms with Gasteiger partial charge in [-0.25, -0.2) is 0 Å². The maximum atomic E-state index is 5.20. The molecule has 1 N–H and O–H groups in total. The van der Waals surface area contributed by atoms with E-state index in [0.29, 0.717) is 5.92 Å². The molecule has 0 radical (unpaired) electrons. The first-order chi connectivity index (χ1) is 7.19. The summed E-state index contributed by atoms with van der Waals surface area (Å²) in [6.07, 6.45) is 1.15. The topological polar surface area (TPSA) is 21.3 Å². The fraction of sp³-hybridized carbons (Fsp3) is 0.500. The highest BCUT2D eigenvalue weighted by molar-refractivity contribution is 9.10. The van der Waals surface area contributed by atoms with Crippen molar-refractivity contribution in [2.45, 2.75) is 19.3 Å². The standard InChI is InChI=1S/C12H18BrNO/c1-9(6-7-14-2)10-4-5-12(15-3)11(13)8-10/h4-5,8-9,14H,6-7H2,1-3H3. The first-order valence-electron chi connectivity index (χ1n) is 5.17. The van der Waals surface area contributed by atoms with Crippen LogP contribution in [0.25, 0.3) is 0 Å². The minimum absolute atomic E-state index is 0.569. The van der Waals surface area contributed by atoms with Gasteiger partial charge >= 0.3 is 0 Å². The Labute approximate surface area is 100 Å². The van der Waals surface area contributed by atoms with Gasteiger partial charge in [0.25, 0.3) is 0 Å². The SMILES string of the molecule is CNCCC(C)c1ccc(OC)c(Br)c1. The summed E-state index contributed by atoms with van der Waals surface area (Å²) >= 11 is 3.50. The van der Waals surface area contributed by atoms with Crippen molar-refractivity contribution in [3.05, 3.63) is 28.2 Å². The first-order valence-corrected chi connectivity index (χ1v) is 5.96. The Hall–Kier alpha value is -0.540. The molecule has 0 aliphatic carbocycles. The minimum atomic E-state index is 0.569.